The minimum atomic E-state index is -1.35. The zero-order valence-electron chi connectivity index (χ0n) is 18.8. The van der Waals surface area contributed by atoms with Crippen LogP contribution in [-0.4, -0.2) is 46.8 Å². The molecule has 1 heterocycles. The second-order valence-corrected chi connectivity index (χ2v) is 8.24. The third-order valence-corrected chi connectivity index (χ3v) is 5.44. The van der Waals surface area contributed by atoms with Crippen molar-refractivity contribution >= 4 is 23.7 Å². The van der Waals surface area contributed by atoms with E-state index in [1.807, 2.05) is 43.3 Å². The number of benzene rings is 2. The highest BCUT2D eigenvalue weighted by molar-refractivity contribution is 6.16. The van der Waals surface area contributed by atoms with Crippen molar-refractivity contribution in [1.82, 2.24) is 15.5 Å². The maximum atomic E-state index is 12.6. The fourth-order valence-electron chi connectivity index (χ4n) is 3.82. The summed E-state index contributed by atoms with van der Waals surface area (Å²) in [7, 11) is 1.50. The Bertz CT molecular complexity index is 1120. The standard InChI is InChI=1S/C25H27N3O5/c1-15-6-4-7-17(10-15)11-18-8-5-9-19(12-18)20(13-21(29)30)26-25(33)27-22-23(31)16(2)14-28(3)24(22)32/h4-10,12,14,20,22H,11,13H2,1-3H3,(H,29,30)(H2,26,27,33). The molecule has 2 atom stereocenters. The summed E-state index contributed by atoms with van der Waals surface area (Å²) in [6, 6.07) is 12.5. The zero-order valence-corrected chi connectivity index (χ0v) is 18.8. The summed E-state index contributed by atoms with van der Waals surface area (Å²) in [5, 5.41) is 14.4. The van der Waals surface area contributed by atoms with E-state index < -0.39 is 35.8 Å². The minimum Gasteiger partial charge on any atom is -0.481 e. The van der Waals surface area contributed by atoms with Gasteiger partial charge in [-0.2, -0.15) is 0 Å². The number of carbonyl (C=O) groups excluding carboxylic acids is 3. The van der Waals surface area contributed by atoms with Crippen molar-refractivity contribution in [2.45, 2.75) is 38.8 Å². The van der Waals surface area contributed by atoms with Crippen molar-refractivity contribution in [2.24, 2.45) is 0 Å². The van der Waals surface area contributed by atoms with E-state index in [0.717, 1.165) is 16.7 Å². The molecule has 2 unspecified atom stereocenters. The predicted molar refractivity (Wildman–Crippen MR) is 122 cm³/mol. The second-order valence-electron chi connectivity index (χ2n) is 8.24. The molecule has 0 aromatic heterocycles. The zero-order chi connectivity index (χ0) is 24.1. The molecule has 2 aromatic carbocycles. The first kappa shape index (κ1) is 23.7. The third kappa shape index (κ3) is 6.06. The summed E-state index contributed by atoms with van der Waals surface area (Å²) in [5.74, 6) is -2.15. The molecule has 3 N–H and O–H groups in total. The average molecular weight is 450 g/mol. The Hall–Kier alpha value is -3.94. The number of carboxylic acid groups (broad SMARTS) is 1. The molecule has 0 saturated carbocycles. The van der Waals surface area contributed by atoms with E-state index >= 15 is 0 Å². The summed E-state index contributed by atoms with van der Waals surface area (Å²) in [6.07, 6.45) is 1.71. The monoisotopic (exact) mass is 449 g/mol. The topological polar surface area (TPSA) is 116 Å². The van der Waals surface area contributed by atoms with Gasteiger partial charge in [-0.15, -0.1) is 0 Å². The quantitative estimate of drug-likeness (QED) is 0.562. The van der Waals surface area contributed by atoms with Crippen LogP contribution in [0.5, 0.6) is 0 Å². The molecule has 33 heavy (non-hydrogen) atoms. The lowest BCUT2D eigenvalue weighted by Gasteiger charge is -2.27. The second kappa shape index (κ2) is 10.1. The third-order valence-electron chi connectivity index (χ3n) is 5.44. The molecule has 0 saturated heterocycles. The molecule has 0 aliphatic carbocycles. The Morgan fingerprint density at radius 2 is 1.73 bits per heavy atom. The molecule has 2 aromatic rings. The molecule has 1 aliphatic heterocycles. The highest BCUT2D eigenvalue weighted by atomic mass is 16.4. The molecule has 0 fully saturated rings. The molecular formula is C25H27N3O5. The summed E-state index contributed by atoms with van der Waals surface area (Å²) in [5.41, 5.74) is 4.19. The number of aryl methyl sites for hydroxylation is 1. The lowest BCUT2D eigenvalue weighted by Crippen LogP contribution is -2.56. The molecule has 172 valence electrons. The van der Waals surface area contributed by atoms with Gasteiger partial charge in [0.1, 0.15) is 0 Å². The van der Waals surface area contributed by atoms with Crippen LogP contribution in [0.1, 0.15) is 41.6 Å². The number of carboxylic acids is 1. The van der Waals surface area contributed by atoms with Crippen molar-refractivity contribution in [2.75, 3.05) is 7.05 Å². The summed E-state index contributed by atoms with van der Waals surface area (Å²) in [6.45, 7) is 3.58. The molecule has 8 heteroatoms. The molecule has 0 bridgehead atoms. The van der Waals surface area contributed by atoms with Crippen LogP contribution >= 0.6 is 0 Å². The lowest BCUT2D eigenvalue weighted by atomic mass is 9.97. The normalized spacial score (nSPS) is 16.8. The fourth-order valence-corrected chi connectivity index (χ4v) is 3.82. The van der Waals surface area contributed by atoms with Crippen LogP contribution in [0, 0.1) is 6.92 Å². The van der Waals surface area contributed by atoms with E-state index in [1.54, 1.807) is 13.0 Å². The minimum absolute atomic E-state index is 0.341. The van der Waals surface area contributed by atoms with Crippen LogP contribution in [0.2, 0.25) is 0 Å². The molecule has 8 nitrogen and oxygen atoms in total. The van der Waals surface area contributed by atoms with Crippen LogP contribution in [0.4, 0.5) is 4.79 Å². The fraction of sp³-hybridized carbons (Fsp3) is 0.280. The van der Waals surface area contributed by atoms with Crippen LogP contribution in [0.3, 0.4) is 0 Å². The largest absolute Gasteiger partial charge is 0.481 e. The highest BCUT2D eigenvalue weighted by Gasteiger charge is 2.35. The molecular weight excluding hydrogens is 422 g/mol. The first-order valence-electron chi connectivity index (χ1n) is 10.6. The lowest BCUT2D eigenvalue weighted by molar-refractivity contribution is -0.138. The Morgan fingerprint density at radius 1 is 1.06 bits per heavy atom. The number of Topliss-reactive ketones (excluding diaryl/α,β-unsaturated/α-hetero) is 1. The number of hydrogen-bond donors (Lipinski definition) is 3. The smallest absolute Gasteiger partial charge is 0.316 e. The van der Waals surface area contributed by atoms with Crippen molar-refractivity contribution in [3.8, 4) is 0 Å². The van der Waals surface area contributed by atoms with E-state index in [-0.39, 0.29) is 6.42 Å². The van der Waals surface area contributed by atoms with Crippen molar-refractivity contribution in [3.63, 3.8) is 0 Å². The van der Waals surface area contributed by atoms with Crippen LogP contribution in [0.15, 0.2) is 60.3 Å². The number of rotatable bonds is 7. The maximum Gasteiger partial charge on any atom is 0.316 e. The van der Waals surface area contributed by atoms with Gasteiger partial charge >= 0.3 is 12.0 Å². The summed E-state index contributed by atoms with van der Waals surface area (Å²) < 4.78 is 0. The van der Waals surface area contributed by atoms with Gasteiger partial charge in [0, 0.05) is 18.8 Å². The number of nitrogens with zero attached hydrogens (tertiary/aromatic N) is 1. The van der Waals surface area contributed by atoms with Gasteiger partial charge in [0.25, 0.3) is 5.91 Å². The van der Waals surface area contributed by atoms with Gasteiger partial charge in [0.15, 0.2) is 11.8 Å². The number of likely N-dealkylation sites (N-methyl/N-ethyl adjacent to an activating group) is 1. The first-order chi connectivity index (χ1) is 15.6. The molecule has 1 aliphatic rings. The SMILES string of the molecule is CC1=CN(C)C(=O)C(NC(=O)NC(CC(=O)O)c2cccc(Cc3cccc(C)c3)c2)C1=O. The molecule has 3 rings (SSSR count). The van der Waals surface area contributed by atoms with E-state index in [9.17, 15) is 24.3 Å². The molecule has 0 spiro atoms. The Balaban J connectivity index is 1.76. The Kier molecular flexibility index (Phi) is 7.27. The van der Waals surface area contributed by atoms with Crippen LogP contribution in [0.25, 0.3) is 0 Å². The van der Waals surface area contributed by atoms with Crippen LogP contribution in [-0.2, 0) is 20.8 Å². The summed E-state index contributed by atoms with van der Waals surface area (Å²) in [4.78, 5) is 50.0. The van der Waals surface area contributed by atoms with Crippen LogP contribution < -0.4 is 10.6 Å². The van der Waals surface area contributed by atoms with E-state index in [2.05, 4.69) is 16.7 Å². The van der Waals surface area contributed by atoms with Gasteiger partial charge in [0.05, 0.1) is 12.5 Å². The van der Waals surface area contributed by atoms with Gasteiger partial charge in [0.2, 0.25) is 0 Å². The van der Waals surface area contributed by atoms with E-state index in [0.29, 0.717) is 17.6 Å². The van der Waals surface area contributed by atoms with Gasteiger partial charge in [-0.05, 0) is 37.0 Å². The molecule has 3 amide bonds. The number of hydrogen-bond acceptors (Lipinski definition) is 4. The summed E-state index contributed by atoms with van der Waals surface area (Å²) >= 11 is 0. The number of amides is 3. The molecule has 0 radical (unpaired) electrons. The average Bonchev–Trinajstić information content (AvgIpc) is 2.75. The predicted octanol–water partition coefficient (Wildman–Crippen LogP) is 2.71. The first-order valence-corrected chi connectivity index (χ1v) is 10.6. The highest BCUT2D eigenvalue weighted by Crippen LogP contribution is 2.21. The number of ketones is 1. The number of carbonyl (C=O) groups is 4. The van der Waals surface area contributed by atoms with Crippen molar-refractivity contribution in [1.29, 1.82) is 0 Å². The van der Waals surface area contributed by atoms with Crippen molar-refractivity contribution < 1.29 is 24.3 Å². The number of urea groups is 1. The van der Waals surface area contributed by atoms with E-state index in [1.165, 1.54) is 18.1 Å². The Morgan fingerprint density at radius 3 is 2.39 bits per heavy atom. The van der Waals surface area contributed by atoms with Crippen molar-refractivity contribution in [3.05, 3.63) is 82.6 Å². The van der Waals surface area contributed by atoms with Gasteiger partial charge in [-0.1, -0.05) is 54.1 Å². The number of aliphatic carboxylic acids is 1. The van der Waals surface area contributed by atoms with Gasteiger partial charge < -0.3 is 20.6 Å². The Labute approximate surface area is 192 Å². The van der Waals surface area contributed by atoms with Gasteiger partial charge in [-0.3, -0.25) is 14.4 Å². The van der Waals surface area contributed by atoms with E-state index in [4.69, 9.17) is 0 Å². The van der Waals surface area contributed by atoms with Gasteiger partial charge in [-0.25, -0.2) is 4.79 Å². The number of nitrogens with one attached hydrogen (secondary N) is 2. The maximum absolute atomic E-state index is 12.6.